The smallest absolute Gasteiger partial charge is 0.251 e. The van der Waals surface area contributed by atoms with Crippen LogP contribution in [0.15, 0.2) is 34.9 Å². The molecule has 0 radical (unpaired) electrons. The van der Waals surface area contributed by atoms with Gasteiger partial charge in [-0.1, -0.05) is 11.2 Å². The van der Waals surface area contributed by atoms with Crippen LogP contribution >= 0.6 is 0 Å². The van der Waals surface area contributed by atoms with Gasteiger partial charge in [-0.25, -0.2) is 4.39 Å². The van der Waals surface area contributed by atoms with Gasteiger partial charge in [0.05, 0.1) is 6.42 Å². The third kappa shape index (κ3) is 3.79. The zero-order valence-electron chi connectivity index (χ0n) is 16.6. The molecule has 0 saturated heterocycles. The number of carbonyl (C=O) groups is 2. The van der Waals surface area contributed by atoms with Crippen LogP contribution in [0.1, 0.15) is 47.3 Å². The van der Waals surface area contributed by atoms with Gasteiger partial charge in [-0.3, -0.25) is 9.59 Å². The Labute approximate surface area is 172 Å². The zero-order valence-corrected chi connectivity index (χ0v) is 16.6. The van der Waals surface area contributed by atoms with Crippen molar-refractivity contribution in [1.29, 1.82) is 0 Å². The number of hydrogen-bond donors (Lipinski definition) is 2. The average Bonchev–Trinajstić information content (AvgIpc) is 3.65. The first-order valence-electron chi connectivity index (χ1n) is 10.3. The summed E-state index contributed by atoms with van der Waals surface area (Å²) in [5.74, 6) is -0.755. The summed E-state index contributed by atoms with van der Waals surface area (Å²) in [5.41, 5.74) is 3.22. The van der Waals surface area contributed by atoms with Crippen LogP contribution in [0.2, 0.25) is 0 Å². The van der Waals surface area contributed by atoms with Crippen molar-refractivity contribution in [3.05, 3.63) is 53.0 Å². The Morgan fingerprint density at radius 3 is 2.57 bits per heavy atom. The van der Waals surface area contributed by atoms with Crippen LogP contribution in [0.4, 0.5) is 4.39 Å². The maximum atomic E-state index is 14.5. The topological polar surface area (TPSA) is 84.2 Å². The van der Waals surface area contributed by atoms with E-state index in [-0.39, 0.29) is 24.3 Å². The molecule has 30 heavy (non-hydrogen) atoms. The summed E-state index contributed by atoms with van der Waals surface area (Å²) in [4.78, 5) is 24.5. The minimum Gasteiger partial charge on any atom is -0.356 e. The second-order valence-corrected chi connectivity index (χ2v) is 8.24. The predicted molar refractivity (Wildman–Crippen MR) is 109 cm³/mol. The van der Waals surface area contributed by atoms with Gasteiger partial charge in [-0.15, -0.1) is 0 Å². The number of hydrogen-bond acceptors (Lipinski definition) is 4. The molecule has 2 aromatic carbocycles. The maximum absolute atomic E-state index is 14.5. The van der Waals surface area contributed by atoms with Crippen LogP contribution in [-0.4, -0.2) is 29.1 Å². The fraction of sp³-hybridized carbons (Fsp3) is 0.348. The zero-order chi connectivity index (χ0) is 20.8. The van der Waals surface area contributed by atoms with E-state index in [0.29, 0.717) is 34.0 Å². The number of nitrogens with zero attached hydrogens (tertiary/aromatic N) is 1. The molecule has 0 unspecified atom stereocenters. The fourth-order valence-corrected chi connectivity index (χ4v) is 3.55. The van der Waals surface area contributed by atoms with E-state index in [2.05, 4.69) is 15.8 Å². The lowest BCUT2D eigenvalue weighted by atomic mass is 9.96. The Hall–Kier alpha value is -3.22. The van der Waals surface area contributed by atoms with Crippen molar-refractivity contribution in [2.24, 2.45) is 0 Å². The molecule has 0 spiro atoms. The molecular weight excluding hydrogens is 385 g/mol. The van der Waals surface area contributed by atoms with Crippen molar-refractivity contribution in [2.45, 2.75) is 51.1 Å². The highest BCUT2D eigenvalue weighted by Gasteiger charge is 2.25. The molecule has 6 nitrogen and oxygen atoms in total. The lowest BCUT2D eigenvalue weighted by Gasteiger charge is -2.11. The van der Waals surface area contributed by atoms with Gasteiger partial charge in [0.1, 0.15) is 11.5 Å². The highest BCUT2D eigenvalue weighted by atomic mass is 19.1. The number of fused-ring (bicyclic) bond motifs is 1. The van der Waals surface area contributed by atoms with E-state index < -0.39 is 5.82 Å². The molecule has 3 aromatic rings. The van der Waals surface area contributed by atoms with Crippen LogP contribution in [-0.2, 0) is 11.2 Å². The Morgan fingerprint density at radius 2 is 1.83 bits per heavy atom. The fourth-order valence-electron chi connectivity index (χ4n) is 3.55. The Kier molecular flexibility index (Phi) is 4.53. The van der Waals surface area contributed by atoms with Gasteiger partial charge in [0.2, 0.25) is 5.91 Å². The molecule has 7 heteroatoms. The van der Waals surface area contributed by atoms with E-state index in [1.807, 2.05) is 12.1 Å². The van der Waals surface area contributed by atoms with Crippen molar-refractivity contribution >= 4 is 22.8 Å². The summed E-state index contributed by atoms with van der Waals surface area (Å²) in [6.07, 6.45) is 4.16. The first-order chi connectivity index (χ1) is 14.5. The quantitative estimate of drug-likeness (QED) is 0.653. The summed E-state index contributed by atoms with van der Waals surface area (Å²) in [6.45, 7) is 1.69. The minimum atomic E-state index is -0.427. The number of amides is 2. The van der Waals surface area contributed by atoms with E-state index in [9.17, 15) is 14.0 Å². The van der Waals surface area contributed by atoms with Crippen LogP contribution in [0.5, 0.6) is 0 Å². The van der Waals surface area contributed by atoms with Gasteiger partial charge < -0.3 is 15.2 Å². The molecule has 1 aromatic heterocycles. The first-order valence-corrected chi connectivity index (χ1v) is 10.3. The molecule has 2 fully saturated rings. The number of nitrogens with one attached hydrogen (secondary N) is 2. The number of halogens is 1. The lowest BCUT2D eigenvalue weighted by Crippen LogP contribution is -2.27. The molecule has 2 saturated carbocycles. The largest absolute Gasteiger partial charge is 0.356 e. The van der Waals surface area contributed by atoms with Crippen LogP contribution < -0.4 is 10.6 Å². The van der Waals surface area contributed by atoms with Crippen LogP contribution in [0.3, 0.4) is 0 Å². The molecule has 0 aliphatic heterocycles. The van der Waals surface area contributed by atoms with E-state index in [1.165, 1.54) is 6.07 Å². The lowest BCUT2D eigenvalue weighted by molar-refractivity contribution is -0.120. The molecule has 2 amide bonds. The third-order valence-electron chi connectivity index (χ3n) is 5.65. The van der Waals surface area contributed by atoms with Gasteiger partial charge in [-0.2, -0.15) is 0 Å². The second-order valence-electron chi connectivity index (χ2n) is 8.24. The molecule has 0 atom stereocenters. The van der Waals surface area contributed by atoms with Gasteiger partial charge in [0.15, 0.2) is 5.58 Å². The van der Waals surface area contributed by atoms with E-state index in [0.717, 1.165) is 36.6 Å². The molecular formula is C23H22FN3O3. The maximum Gasteiger partial charge on any atom is 0.251 e. The van der Waals surface area contributed by atoms with Gasteiger partial charge >= 0.3 is 0 Å². The molecule has 2 aliphatic carbocycles. The first kappa shape index (κ1) is 18.8. The third-order valence-corrected chi connectivity index (χ3v) is 5.65. The Morgan fingerprint density at radius 1 is 1.10 bits per heavy atom. The summed E-state index contributed by atoms with van der Waals surface area (Å²) >= 11 is 0. The van der Waals surface area contributed by atoms with Crippen molar-refractivity contribution in [2.75, 3.05) is 0 Å². The molecule has 154 valence electrons. The van der Waals surface area contributed by atoms with Crippen molar-refractivity contribution in [1.82, 2.24) is 15.8 Å². The summed E-state index contributed by atoms with van der Waals surface area (Å²) in [7, 11) is 0. The highest BCUT2D eigenvalue weighted by molar-refractivity contribution is 5.97. The SMILES string of the molecule is Cc1c(F)cc(C(=O)NC2CC2)cc1-c1ccc2c(CC(=O)NC3CC3)noc2c1. The summed E-state index contributed by atoms with van der Waals surface area (Å²) in [6, 6.07) is 8.92. The predicted octanol–water partition coefficient (Wildman–Crippen LogP) is 3.66. The summed E-state index contributed by atoms with van der Waals surface area (Å²) in [5, 5.41) is 10.6. The van der Waals surface area contributed by atoms with Crippen molar-refractivity contribution < 1.29 is 18.5 Å². The highest BCUT2D eigenvalue weighted by Crippen LogP contribution is 2.31. The Balaban J connectivity index is 1.44. The number of rotatable bonds is 6. The van der Waals surface area contributed by atoms with Crippen LogP contribution in [0.25, 0.3) is 22.1 Å². The van der Waals surface area contributed by atoms with E-state index >= 15 is 0 Å². The molecule has 0 bridgehead atoms. The van der Waals surface area contributed by atoms with Crippen molar-refractivity contribution in [3.63, 3.8) is 0 Å². The summed E-state index contributed by atoms with van der Waals surface area (Å²) < 4.78 is 20.0. The van der Waals surface area contributed by atoms with Gasteiger partial charge in [0, 0.05) is 23.0 Å². The molecule has 2 N–H and O–H groups in total. The van der Waals surface area contributed by atoms with E-state index in [4.69, 9.17) is 4.52 Å². The number of carbonyl (C=O) groups excluding carboxylic acids is 2. The van der Waals surface area contributed by atoms with Gasteiger partial charge in [-0.05, 0) is 73.6 Å². The molecule has 5 rings (SSSR count). The second kappa shape index (κ2) is 7.23. The van der Waals surface area contributed by atoms with E-state index in [1.54, 1.807) is 19.1 Å². The Bertz CT molecular complexity index is 1160. The molecule has 1 heterocycles. The number of benzene rings is 2. The normalized spacial score (nSPS) is 15.9. The number of aromatic nitrogens is 1. The van der Waals surface area contributed by atoms with Gasteiger partial charge in [0.25, 0.3) is 5.91 Å². The van der Waals surface area contributed by atoms with Crippen LogP contribution in [0, 0.1) is 12.7 Å². The molecule has 2 aliphatic rings. The minimum absolute atomic E-state index is 0.0657. The van der Waals surface area contributed by atoms with Crippen molar-refractivity contribution in [3.8, 4) is 11.1 Å². The standard InChI is InChI=1S/C23H22FN3O3/c1-12-18(8-14(9-19(12)24)23(29)26-16-5-6-16)13-2-7-17-20(27-30-21(17)10-13)11-22(28)25-15-3-4-15/h2,7-10,15-16H,3-6,11H2,1H3,(H,25,28)(H,26,29). The monoisotopic (exact) mass is 407 g/mol. The average molecular weight is 407 g/mol.